The fourth-order valence-corrected chi connectivity index (χ4v) is 3.19. The van der Waals surface area contributed by atoms with Gasteiger partial charge in [-0.15, -0.1) is 0 Å². The van der Waals surface area contributed by atoms with E-state index in [1.165, 1.54) is 6.42 Å². The molecule has 0 radical (unpaired) electrons. The third-order valence-corrected chi connectivity index (χ3v) is 4.37. The molecule has 2 atom stereocenters. The third-order valence-electron chi connectivity index (χ3n) is 4.37. The lowest BCUT2D eigenvalue weighted by atomic mass is 9.71. The van der Waals surface area contributed by atoms with Crippen LogP contribution in [0.3, 0.4) is 0 Å². The van der Waals surface area contributed by atoms with Crippen molar-refractivity contribution >= 4 is 5.91 Å². The van der Waals surface area contributed by atoms with Gasteiger partial charge in [-0.2, -0.15) is 0 Å². The van der Waals surface area contributed by atoms with Crippen LogP contribution in [0.25, 0.3) is 0 Å². The van der Waals surface area contributed by atoms with Gasteiger partial charge in [-0.25, -0.2) is 0 Å². The highest BCUT2D eigenvalue weighted by Gasteiger charge is 2.43. The van der Waals surface area contributed by atoms with Crippen LogP contribution >= 0.6 is 0 Å². The first-order valence-electron chi connectivity index (χ1n) is 6.80. The number of hydrogen-bond acceptors (Lipinski definition) is 3. The quantitative estimate of drug-likeness (QED) is 0.765. The molecule has 4 heteroatoms. The summed E-state index contributed by atoms with van der Waals surface area (Å²) < 4.78 is 0. The monoisotopic (exact) mass is 240 g/mol. The number of aliphatic hydroxyl groups is 1. The van der Waals surface area contributed by atoms with Crippen LogP contribution in [0.4, 0.5) is 0 Å². The van der Waals surface area contributed by atoms with E-state index in [-0.39, 0.29) is 5.91 Å². The van der Waals surface area contributed by atoms with E-state index in [0.29, 0.717) is 12.3 Å². The molecule has 2 rings (SSSR count). The minimum Gasteiger partial charge on any atom is -0.389 e. The smallest absolute Gasteiger partial charge is 0.223 e. The van der Waals surface area contributed by atoms with Gasteiger partial charge >= 0.3 is 0 Å². The molecule has 1 saturated heterocycles. The number of amides is 1. The van der Waals surface area contributed by atoms with E-state index in [1.807, 2.05) is 11.9 Å². The van der Waals surface area contributed by atoms with E-state index < -0.39 is 5.60 Å². The Labute approximate surface area is 103 Å². The first-order chi connectivity index (χ1) is 8.15. The average molecular weight is 240 g/mol. The van der Waals surface area contributed by atoms with Gasteiger partial charge in [0.15, 0.2) is 0 Å². The molecular formula is C13H24N2O2. The van der Waals surface area contributed by atoms with Crippen molar-refractivity contribution < 1.29 is 9.90 Å². The molecule has 1 heterocycles. The van der Waals surface area contributed by atoms with Crippen molar-refractivity contribution in [2.75, 3.05) is 26.7 Å². The summed E-state index contributed by atoms with van der Waals surface area (Å²) in [7, 11) is 1.86. The van der Waals surface area contributed by atoms with E-state index in [4.69, 9.17) is 0 Å². The lowest BCUT2D eigenvalue weighted by Crippen LogP contribution is -2.54. The fourth-order valence-electron chi connectivity index (χ4n) is 3.19. The van der Waals surface area contributed by atoms with E-state index in [2.05, 4.69) is 5.32 Å². The molecule has 1 amide bonds. The van der Waals surface area contributed by atoms with Gasteiger partial charge in [-0.3, -0.25) is 4.79 Å². The summed E-state index contributed by atoms with van der Waals surface area (Å²) in [4.78, 5) is 13.9. The van der Waals surface area contributed by atoms with E-state index >= 15 is 0 Å². The molecule has 0 aromatic carbocycles. The zero-order chi connectivity index (χ0) is 12.3. The normalized spacial score (nSPS) is 33.3. The molecule has 1 aliphatic carbocycles. The van der Waals surface area contributed by atoms with Gasteiger partial charge in [-0.05, 0) is 26.3 Å². The second kappa shape index (κ2) is 5.36. The summed E-state index contributed by atoms with van der Waals surface area (Å²) in [6.45, 7) is 2.23. The van der Waals surface area contributed by atoms with Crippen LogP contribution in [-0.2, 0) is 4.79 Å². The molecule has 4 nitrogen and oxygen atoms in total. The molecule has 2 fully saturated rings. The van der Waals surface area contributed by atoms with Gasteiger partial charge in [0.2, 0.25) is 5.91 Å². The Balaban J connectivity index is 1.90. The van der Waals surface area contributed by atoms with Crippen LogP contribution in [0.1, 0.15) is 38.5 Å². The van der Waals surface area contributed by atoms with E-state index in [9.17, 15) is 9.90 Å². The predicted molar refractivity (Wildman–Crippen MR) is 66.6 cm³/mol. The van der Waals surface area contributed by atoms with Crippen LogP contribution < -0.4 is 5.32 Å². The van der Waals surface area contributed by atoms with Crippen molar-refractivity contribution in [1.29, 1.82) is 0 Å². The summed E-state index contributed by atoms with van der Waals surface area (Å²) in [5.74, 6) is 0.538. The second-order valence-electron chi connectivity index (χ2n) is 5.49. The minimum atomic E-state index is -0.474. The molecule has 0 aromatic rings. The number of nitrogens with one attached hydrogen (secondary N) is 1. The topological polar surface area (TPSA) is 52.6 Å². The maximum Gasteiger partial charge on any atom is 0.223 e. The van der Waals surface area contributed by atoms with Gasteiger partial charge in [0.25, 0.3) is 0 Å². The number of fused-ring (bicyclic) bond motifs is 1. The fraction of sp³-hybridized carbons (Fsp3) is 0.923. The number of carbonyl (C=O) groups excluding carboxylic acids is 1. The van der Waals surface area contributed by atoms with Crippen LogP contribution in [0, 0.1) is 5.92 Å². The molecule has 0 spiro atoms. The Bertz CT molecular complexity index is 283. The molecule has 0 aromatic heterocycles. The lowest BCUT2D eigenvalue weighted by molar-refractivity contribution is -0.143. The Morgan fingerprint density at radius 2 is 2.29 bits per heavy atom. The third kappa shape index (κ3) is 2.80. The first-order valence-corrected chi connectivity index (χ1v) is 6.80. The zero-order valence-corrected chi connectivity index (χ0v) is 10.7. The Morgan fingerprint density at radius 1 is 1.47 bits per heavy atom. The van der Waals surface area contributed by atoms with Crippen LogP contribution in [-0.4, -0.2) is 48.2 Å². The highest BCUT2D eigenvalue weighted by Crippen LogP contribution is 2.39. The maximum atomic E-state index is 11.9. The number of nitrogens with zero attached hydrogens (tertiary/aromatic N) is 1. The number of hydrogen-bond donors (Lipinski definition) is 2. The van der Waals surface area contributed by atoms with E-state index in [0.717, 1.165) is 45.3 Å². The summed E-state index contributed by atoms with van der Waals surface area (Å²) in [5.41, 5.74) is -0.474. The largest absolute Gasteiger partial charge is 0.389 e. The summed E-state index contributed by atoms with van der Waals surface area (Å²) >= 11 is 0. The highest BCUT2D eigenvalue weighted by atomic mass is 16.3. The van der Waals surface area contributed by atoms with Crippen LogP contribution in [0.5, 0.6) is 0 Å². The zero-order valence-electron chi connectivity index (χ0n) is 10.7. The van der Waals surface area contributed by atoms with Crippen LogP contribution in [0.2, 0.25) is 0 Å². The second-order valence-corrected chi connectivity index (χ2v) is 5.49. The molecule has 1 aliphatic heterocycles. The Kier molecular flexibility index (Phi) is 4.05. The van der Waals surface area contributed by atoms with Gasteiger partial charge in [0.05, 0.1) is 5.60 Å². The molecule has 1 saturated carbocycles. The van der Waals surface area contributed by atoms with Crippen LogP contribution in [0.15, 0.2) is 0 Å². The molecule has 98 valence electrons. The van der Waals surface area contributed by atoms with Crippen molar-refractivity contribution in [1.82, 2.24) is 10.2 Å². The summed E-state index contributed by atoms with van der Waals surface area (Å²) in [5, 5.41) is 13.5. The number of likely N-dealkylation sites (tertiary alicyclic amines) is 1. The molecule has 0 bridgehead atoms. The van der Waals surface area contributed by atoms with Crippen molar-refractivity contribution in [3.05, 3.63) is 0 Å². The Morgan fingerprint density at radius 3 is 3.06 bits per heavy atom. The van der Waals surface area contributed by atoms with Gasteiger partial charge < -0.3 is 15.3 Å². The standard InChI is InChI=1S/C13H24N2O2/c1-14-8-5-12(16)15-9-7-13(17)6-3-2-4-11(13)10-15/h11,14,17H,2-10H2,1H3. The number of rotatable bonds is 3. The highest BCUT2D eigenvalue weighted by molar-refractivity contribution is 5.76. The van der Waals surface area contributed by atoms with Crippen molar-refractivity contribution in [2.45, 2.75) is 44.1 Å². The molecule has 17 heavy (non-hydrogen) atoms. The predicted octanol–water partition coefficient (Wildman–Crippen LogP) is 0.749. The molecule has 2 unspecified atom stereocenters. The first kappa shape index (κ1) is 12.8. The SMILES string of the molecule is CNCCC(=O)N1CCC2(O)CCCCC2C1. The average Bonchev–Trinajstić information content (AvgIpc) is 2.34. The van der Waals surface area contributed by atoms with Crippen molar-refractivity contribution in [2.24, 2.45) is 5.92 Å². The van der Waals surface area contributed by atoms with E-state index in [1.54, 1.807) is 0 Å². The number of carbonyl (C=O) groups is 1. The molecular weight excluding hydrogens is 216 g/mol. The van der Waals surface area contributed by atoms with Gasteiger partial charge in [0.1, 0.15) is 0 Å². The maximum absolute atomic E-state index is 11.9. The molecule has 2 N–H and O–H groups in total. The Hall–Kier alpha value is -0.610. The molecule has 2 aliphatic rings. The van der Waals surface area contributed by atoms with Gasteiger partial charge in [-0.1, -0.05) is 12.8 Å². The van der Waals surface area contributed by atoms with Crippen molar-refractivity contribution in [3.63, 3.8) is 0 Å². The summed E-state index contributed by atoms with van der Waals surface area (Å²) in [6, 6.07) is 0. The van der Waals surface area contributed by atoms with Crippen molar-refractivity contribution in [3.8, 4) is 0 Å². The summed E-state index contributed by atoms with van der Waals surface area (Å²) in [6.07, 6.45) is 5.68. The minimum absolute atomic E-state index is 0.229. The lowest BCUT2D eigenvalue weighted by Gasteiger charge is -2.47. The van der Waals surface area contributed by atoms with Gasteiger partial charge in [0, 0.05) is 32.0 Å². The number of piperidine rings is 1.